The van der Waals surface area contributed by atoms with Crippen LogP contribution >= 0.6 is 0 Å². The molecule has 0 amide bonds. The van der Waals surface area contributed by atoms with Crippen LogP contribution < -0.4 is 0 Å². The quantitative estimate of drug-likeness (QED) is 0.732. The second kappa shape index (κ2) is 6.33. The van der Waals surface area contributed by atoms with Crippen molar-refractivity contribution in [3.8, 4) is 0 Å². The number of ether oxygens (including phenoxy) is 1. The summed E-state index contributed by atoms with van der Waals surface area (Å²) in [5.41, 5.74) is 3.31. The van der Waals surface area contributed by atoms with Crippen LogP contribution in [0, 0.1) is 6.92 Å². The van der Waals surface area contributed by atoms with Crippen LogP contribution in [0.5, 0.6) is 0 Å². The van der Waals surface area contributed by atoms with Crippen molar-refractivity contribution in [2.24, 2.45) is 0 Å². The number of nitrogens with zero attached hydrogens (tertiary/aromatic N) is 6. The second-order valence-corrected chi connectivity index (χ2v) is 6.27. The van der Waals surface area contributed by atoms with Crippen molar-refractivity contribution in [3.05, 3.63) is 47.9 Å². The molecule has 126 valence electrons. The van der Waals surface area contributed by atoms with Gasteiger partial charge in [0.05, 0.1) is 12.3 Å². The Morgan fingerprint density at radius 2 is 2.21 bits per heavy atom. The van der Waals surface area contributed by atoms with Crippen molar-refractivity contribution in [1.29, 1.82) is 0 Å². The third-order valence-electron chi connectivity index (χ3n) is 4.46. The van der Waals surface area contributed by atoms with Crippen LogP contribution in [0.1, 0.15) is 30.1 Å². The average molecular weight is 326 g/mol. The second-order valence-electron chi connectivity index (χ2n) is 6.27. The third-order valence-corrected chi connectivity index (χ3v) is 4.46. The monoisotopic (exact) mass is 326 g/mol. The van der Waals surface area contributed by atoms with Crippen molar-refractivity contribution in [1.82, 2.24) is 29.0 Å². The molecule has 1 atom stereocenters. The standard InChI is InChI=1S/C17H22N6O/c1-3-22-12-18-20-17(22)15-11-21(6-7-24-15)9-14-10-23-8-13(2)4-5-16(23)19-14/h4-5,8,10,12,15H,3,6-7,9,11H2,1-2H3/t15-/m1/s1. The first kappa shape index (κ1) is 15.3. The van der Waals surface area contributed by atoms with Crippen LogP contribution in [0.25, 0.3) is 5.65 Å². The van der Waals surface area contributed by atoms with Gasteiger partial charge in [-0.2, -0.15) is 0 Å². The lowest BCUT2D eigenvalue weighted by Crippen LogP contribution is -2.38. The molecule has 24 heavy (non-hydrogen) atoms. The lowest BCUT2D eigenvalue weighted by atomic mass is 10.2. The molecular formula is C17H22N6O. The largest absolute Gasteiger partial charge is 0.368 e. The van der Waals surface area contributed by atoms with Crippen molar-refractivity contribution in [2.45, 2.75) is 33.0 Å². The Kier molecular flexibility index (Phi) is 4.03. The molecule has 3 aromatic rings. The Morgan fingerprint density at radius 3 is 3.08 bits per heavy atom. The molecule has 0 radical (unpaired) electrons. The van der Waals surface area contributed by atoms with E-state index in [2.05, 4.69) is 57.9 Å². The van der Waals surface area contributed by atoms with Gasteiger partial charge >= 0.3 is 0 Å². The zero-order chi connectivity index (χ0) is 16.5. The van der Waals surface area contributed by atoms with Crippen LogP contribution in [0.2, 0.25) is 0 Å². The number of hydrogen-bond acceptors (Lipinski definition) is 5. The highest BCUT2D eigenvalue weighted by Gasteiger charge is 2.26. The minimum absolute atomic E-state index is 0.0273. The highest BCUT2D eigenvalue weighted by atomic mass is 16.5. The number of aromatic nitrogens is 5. The van der Waals surface area contributed by atoms with Crippen LogP contribution in [-0.2, 0) is 17.8 Å². The van der Waals surface area contributed by atoms with E-state index in [9.17, 15) is 0 Å². The molecule has 7 heteroatoms. The molecule has 0 N–H and O–H groups in total. The summed E-state index contributed by atoms with van der Waals surface area (Å²) in [6.07, 6.45) is 5.96. The lowest BCUT2D eigenvalue weighted by Gasteiger charge is -2.31. The molecule has 1 aliphatic heterocycles. The van der Waals surface area contributed by atoms with E-state index in [0.29, 0.717) is 6.61 Å². The van der Waals surface area contributed by atoms with Crippen molar-refractivity contribution < 1.29 is 4.74 Å². The molecule has 1 aliphatic rings. The Morgan fingerprint density at radius 1 is 1.29 bits per heavy atom. The molecule has 1 fully saturated rings. The molecular weight excluding hydrogens is 304 g/mol. The van der Waals surface area contributed by atoms with E-state index < -0.39 is 0 Å². The maximum Gasteiger partial charge on any atom is 0.163 e. The summed E-state index contributed by atoms with van der Waals surface area (Å²) in [6, 6.07) is 4.15. The number of hydrogen-bond donors (Lipinski definition) is 0. The predicted octanol–water partition coefficient (Wildman–Crippen LogP) is 1.83. The van der Waals surface area contributed by atoms with Crippen molar-refractivity contribution >= 4 is 5.65 Å². The fourth-order valence-electron chi connectivity index (χ4n) is 3.22. The van der Waals surface area contributed by atoms with E-state index in [1.165, 1.54) is 5.56 Å². The van der Waals surface area contributed by atoms with E-state index >= 15 is 0 Å². The molecule has 3 aromatic heterocycles. The van der Waals surface area contributed by atoms with Crippen LogP contribution in [0.15, 0.2) is 30.9 Å². The van der Waals surface area contributed by atoms with E-state index in [1.807, 2.05) is 4.57 Å². The maximum absolute atomic E-state index is 5.92. The molecule has 0 aromatic carbocycles. The van der Waals surface area contributed by atoms with Gasteiger partial charge in [0.2, 0.25) is 0 Å². The summed E-state index contributed by atoms with van der Waals surface area (Å²) >= 11 is 0. The lowest BCUT2D eigenvalue weighted by molar-refractivity contribution is -0.0391. The fourth-order valence-corrected chi connectivity index (χ4v) is 3.22. The Hall–Kier alpha value is -2.25. The molecule has 0 unspecified atom stereocenters. The summed E-state index contributed by atoms with van der Waals surface area (Å²) in [5, 5.41) is 8.25. The van der Waals surface area contributed by atoms with Crippen LogP contribution in [0.4, 0.5) is 0 Å². The number of fused-ring (bicyclic) bond motifs is 1. The number of pyridine rings is 1. The van der Waals surface area contributed by atoms with E-state index in [0.717, 1.165) is 43.3 Å². The normalized spacial score (nSPS) is 19.2. The first-order chi connectivity index (χ1) is 11.7. The number of imidazole rings is 1. The van der Waals surface area contributed by atoms with E-state index in [-0.39, 0.29) is 6.10 Å². The van der Waals surface area contributed by atoms with Gasteiger partial charge in [0.15, 0.2) is 5.82 Å². The topological polar surface area (TPSA) is 60.5 Å². The van der Waals surface area contributed by atoms with Gasteiger partial charge in [-0.25, -0.2) is 4.98 Å². The third kappa shape index (κ3) is 2.92. The molecule has 4 heterocycles. The van der Waals surface area contributed by atoms with E-state index in [4.69, 9.17) is 9.72 Å². The zero-order valence-electron chi connectivity index (χ0n) is 14.1. The van der Waals surface area contributed by atoms with E-state index in [1.54, 1.807) is 6.33 Å². The number of aryl methyl sites for hydroxylation is 2. The smallest absolute Gasteiger partial charge is 0.163 e. The summed E-state index contributed by atoms with van der Waals surface area (Å²) < 4.78 is 10.1. The Balaban J connectivity index is 1.49. The highest BCUT2D eigenvalue weighted by Crippen LogP contribution is 2.21. The van der Waals surface area contributed by atoms with Gasteiger partial charge in [0, 0.05) is 38.6 Å². The van der Waals surface area contributed by atoms with Gasteiger partial charge in [-0.15, -0.1) is 10.2 Å². The van der Waals surface area contributed by atoms with Crippen LogP contribution in [0.3, 0.4) is 0 Å². The predicted molar refractivity (Wildman–Crippen MR) is 89.6 cm³/mol. The van der Waals surface area contributed by atoms with Crippen LogP contribution in [-0.4, -0.2) is 48.7 Å². The maximum atomic E-state index is 5.92. The minimum atomic E-state index is -0.0273. The first-order valence-electron chi connectivity index (χ1n) is 8.39. The van der Waals surface area contributed by atoms with Gasteiger partial charge in [0.25, 0.3) is 0 Å². The van der Waals surface area contributed by atoms with Crippen molar-refractivity contribution in [3.63, 3.8) is 0 Å². The summed E-state index contributed by atoms with van der Waals surface area (Å²) in [4.78, 5) is 7.09. The van der Waals surface area contributed by atoms with Gasteiger partial charge in [0.1, 0.15) is 18.1 Å². The first-order valence-corrected chi connectivity index (χ1v) is 8.39. The molecule has 0 aliphatic carbocycles. The zero-order valence-corrected chi connectivity index (χ0v) is 14.1. The van der Waals surface area contributed by atoms with Gasteiger partial charge in [-0.1, -0.05) is 6.07 Å². The minimum Gasteiger partial charge on any atom is -0.368 e. The SMILES string of the molecule is CCn1cnnc1[C@H]1CN(Cc2cn3cc(C)ccc3n2)CCO1. The van der Waals surface area contributed by atoms with Gasteiger partial charge in [-0.05, 0) is 25.5 Å². The Bertz CT molecular complexity index is 839. The fraction of sp³-hybridized carbons (Fsp3) is 0.471. The Labute approximate surface area is 140 Å². The summed E-state index contributed by atoms with van der Waals surface area (Å²) in [5.74, 6) is 0.910. The summed E-state index contributed by atoms with van der Waals surface area (Å²) in [7, 11) is 0. The van der Waals surface area contributed by atoms with Gasteiger partial charge < -0.3 is 13.7 Å². The van der Waals surface area contributed by atoms with Gasteiger partial charge in [-0.3, -0.25) is 4.90 Å². The molecule has 1 saturated heterocycles. The number of morpholine rings is 1. The summed E-state index contributed by atoms with van der Waals surface area (Å²) in [6.45, 7) is 8.28. The molecule has 0 bridgehead atoms. The highest BCUT2D eigenvalue weighted by molar-refractivity contribution is 5.41. The van der Waals surface area contributed by atoms with Crippen molar-refractivity contribution in [2.75, 3.05) is 19.7 Å². The molecule has 4 rings (SSSR count). The number of rotatable bonds is 4. The molecule has 7 nitrogen and oxygen atoms in total. The molecule has 0 saturated carbocycles. The average Bonchev–Trinajstić information content (AvgIpc) is 3.20. The molecule has 0 spiro atoms.